The number of carbonyl (C=O) groups is 3. The van der Waals surface area contributed by atoms with Crippen LogP contribution >= 0.6 is 12.0 Å². The van der Waals surface area contributed by atoms with Gasteiger partial charge in [-0.2, -0.15) is 0 Å². The van der Waals surface area contributed by atoms with Crippen molar-refractivity contribution in [2.75, 3.05) is 27.4 Å². The lowest BCUT2D eigenvalue weighted by Crippen LogP contribution is -2.49. The van der Waals surface area contributed by atoms with Crippen molar-refractivity contribution in [3.8, 4) is 0 Å². The molecule has 2 aromatic rings. The van der Waals surface area contributed by atoms with E-state index in [0.717, 1.165) is 29.7 Å². The second-order valence-electron chi connectivity index (χ2n) is 11.8. The molecule has 4 N–H and O–H groups in total. The fraction of sp³-hybridized carbons (Fsp3) is 0.474. The van der Waals surface area contributed by atoms with Crippen molar-refractivity contribution in [1.82, 2.24) is 16.0 Å². The van der Waals surface area contributed by atoms with E-state index >= 15 is 0 Å². The average molecular weight is 699 g/mol. The lowest BCUT2D eigenvalue weighted by Gasteiger charge is -2.28. The number of rotatable bonds is 18. The lowest BCUT2D eigenvalue weighted by molar-refractivity contribution is -0.142. The van der Waals surface area contributed by atoms with Crippen LogP contribution in [-0.2, 0) is 29.1 Å². The van der Waals surface area contributed by atoms with Crippen molar-refractivity contribution in [2.45, 2.75) is 91.2 Å². The molecule has 2 aromatic carbocycles. The highest BCUT2D eigenvalue weighted by Crippen LogP contribution is 2.23. The second-order valence-corrected chi connectivity index (χ2v) is 12.5. The molecule has 3 unspecified atom stereocenters. The van der Waals surface area contributed by atoms with Crippen LogP contribution < -0.4 is 16.0 Å². The van der Waals surface area contributed by atoms with E-state index in [1.165, 1.54) is 19.5 Å². The molecular formula is C38H58N4O6S. The van der Waals surface area contributed by atoms with Crippen molar-refractivity contribution in [3.63, 3.8) is 0 Å². The number of ether oxygens (including phenoxy) is 1. The first-order chi connectivity index (χ1) is 23.3. The molecule has 0 saturated carbocycles. The first kappa shape index (κ1) is 45.2. The van der Waals surface area contributed by atoms with Crippen LogP contribution in [0, 0.1) is 0 Å². The Kier molecular flexibility index (Phi) is 24.1. The van der Waals surface area contributed by atoms with E-state index in [2.05, 4.69) is 46.1 Å². The Labute approximate surface area is 298 Å². The van der Waals surface area contributed by atoms with E-state index in [4.69, 9.17) is 4.18 Å². The number of aliphatic imine (C=N–C) groups is 1. The van der Waals surface area contributed by atoms with Gasteiger partial charge in [0.2, 0.25) is 11.8 Å². The number of amides is 2. The molecule has 49 heavy (non-hydrogen) atoms. The number of benzene rings is 2. The molecule has 0 bridgehead atoms. The third-order valence-electron chi connectivity index (χ3n) is 6.38. The zero-order valence-corrected chi connectivity index (χ0v) is 31.6. The summed E-state index contributed by atoms with van der Waals surface area (Å²) in [6.07, 6.45) is 4.15. The molecule has 0 aliphatic rings. The summed E-state index contributed by atoms with van der Waals surface area (Å²) in [5.74, 6) is -0.809. The molecule has 0 aromatic heterocycles. The summed E-state index contributed by atoms with van der Waals surface area (Å²) in [5, 5.41) is 19.7. The maximum absolute atomic E-state index is 13.5. The van der Waals surface area contributed by atoms with Gasteiger partial charge >= 0.3 is 0 Å². The largest absolute Gasteiger partial charge is 0.388 e. The topological polar surface area (TPSA) is 138 Å². The molecule has 10 nitrogen and oxygen atoms in total. The molecule has 0 spiro atoms. The molecule has 11 heteroatoms. The van der Waals surface area contributed by atoms with E-state index in [0.29, 0.717) is 29.0 Å². The van der Waals surface area contributed by atoms with E-state index in [9.17, 15) is 19.5 Å². The lowest BCUT2D eigenvalue weighted by atomic mass is 9.91. The summed E-state index contributed by atoms with van der Waals surface area (Å²) in [7, 11) is 3.25. The number of nitrogens with zero attached hydrogens (tertiary/aromatic N) is 1. The molecule has 2 rings (SSSR count). The quantitative estimate of drug-likeness (QED) is 0.0601. The summed E-state index contributed by atoms with van der Waals surface area (Å²) in [4.78, 5) is 43.4. The monoisotopic (exact) mass is 698 g/mol. The number of hydrogen-bond donors (Lipinski definition) is 4. The van der Waals surface area contributed by atoms with E-state index in [1.54, 1.807) is 51.5 Å². The van der Waals surface area contributed by atoms with Gasteiger partial charge in [-0.3, -0.25) is 19.4 Å². The van der Waals surface area contributed by atoms with Crippen molar-refractivity contribution in [2.24, 2.45) is 4.99 Å². The minimum absolute atomic E-state index is 0.189. The smallest absolute Gasteiger partial charge is 0.248 e. The highest BCUT2D eigenvalue weighted by Gasteiger charge is 2.38. The molecule has 2 amide bonds. The summed E-state index contributed by atoms with van der Waals surface area (Å²) in [5.41, 5.74) is 1.46. The van der Waals surface area contributed by atoms with Crippen LogP contribution in [0.2, 0.25) is 0 Å². The van der Waals surface area contributed by atoms with Crippen molar-refractivity contribution < 1.29 is 28.4 Å². The van der Waals surface area contributed by atoms with Crippen LogP contribution in [-0.4, -0.2) is 67.4 Å². The van der Waals surface area contributed by atoms with Gasteiger partial charge in [0.15, 0.2) is 5.78 Å². The number of methoxy groups -OCH3 is 1. The zero-order chi connectivity index (χ0) is 37.2. The SMILES string of the molecule is C=C(NCC(=O)NC(C(=O)C(C)(O)COSCc1ccccc1)c1ccccc1)C(CCC)NC(=O)/C(C)=C/N=C(C)C.CCC.COC. The Morgan fingerprint density at radius 2 is 1.53 bits per heavy atom. The third kappa shape index (κ3) is 19.7. The van der Waals surface area contributed by atoms with E-state index < -0.39 is 29.4 Å². The Balaban J connectivity index is 0.00000356. The van der Waals surface area contributed by atoms with Crippen LogP contribution in [0.25, 0.3) is 0 Å². The maximum Gasteiger partial charge on any atom is 0.248 e. The number of aliphatic hydroxyl groups is 1. The van der Waals surface area contributed by atoms with Gasteiger partial charge in [0.25, 0.3) is 0 Å². The number of Topliss-reactive ketones (excluding diaryl/α,β-unsaturated/α-hetero) is 1. The molecule has 0 radical (unpaired) electrons. The van der Waals surface area contributed by atoms with Gasteiger partial charge < -0.3 is 30.0 Å². The van der Waals surface area contributed by atoms with Crippen molar-refractivity contribution in [3.05, 3.63) is 95.8 Å². The predicted octanol–water partition coefficient (Wildman–Crippen LogP) is 6.48. The zero-order valence-electron chi connectivity index (χ0n) is 30.8. The van der Waals surface area contributed by atoms with Gasteiger partial charge in [-0.15, -0.1) is 0 Å². The molecule has 0 aliphatic carbocycles. The molecular weight excluding hydrogens is 641 g/mol. The maximum atomic E-state index is 13.5. The Morgan fingerprint density at radius 3 is 2.06 bits per heavy atom. The average Bonchev–Trinajstić information content (AvgIpc) is 3.08. The van der Waals surface area contributed by atoms with Crippen LogP contribution in [0.1, 0.15) is 84.9 Å². The second kappa shape index (κ2) is 26.1. The fourth-order valence-electron chi connectivity index (χ4n) is 3.88. The van der Waals surface area contributed by atoms with Crippen LogP contribution in [0.5, 0.6) is 0 Å². The van der Waals surface area contributed by atoms with Gasteiger partial charge in [0.05, 0.1) is 19.2 Å². The summed E-state index contributed by atoms with van der Waals surface area (Å²) < 4.78 is 9.83. The van der Waals surface area contributed by atoms with Gasteiger partial charge in [0.1, 0.15) is 11.6 Å². The number of hydrogen-bond acceptors (Lipinski definition) is 9. The van der Waals surface area contributed by atoms with Gasteiger partial charge in [0, 0.05) is 43.2 Å². The Bertz CT molecular complexity index is 1310. The molecule has 0 fully saturated rings. The van der Waals surface area contributed by atoms with Crippen LogP contribution in [0.15, 0.2) is 89.7 Å². The van der Waals surface area contributed by atoms with Crippen LogP contribution in [0.3, 0.4) is 0 Å². The molecule has 0 aliphatic heterocycles. The number of nitrogens with one attached hydrogen (secondary N) is 3. The first-order valence-corrected chi connectivity index (χ1v) is 17.4. The Hall–Kier alpha value is -3.77. The molecule has 272 valence electrons. The highest BCUT2D eigenvalue weighted by atomic mass is 32.2. The molecule has 0 heterocycles. The summed E-state index contributed by atoms with van der Waals surface area (Å²) in [6.45, 7) is 16.6. The fourth-order valence-corrected chi connectivity index (χ4v) is 4.60. The van der Waals surface area contributed by atoms with Gasteiger partial charge in [-0.25, -0.2) is 0 Å². The predicted molar refractivity (Wildman–Crippen MR) is 202 cm³/mol. The number of ketones is 1. The minimum atomic E-state index is -1.86. The number of carbonyl (C=O) groups excluding carboxylic acids is 3. The first-order valence-electron chi connectivity index (χ1n) is 16.5. The molecule has 3 atom stereocenters. The van der Waals surface area contributed by atoms with Crippen molar-refractivity contribution >= 4 is 35.4 Å². The van der Waals surface area contributed by atoms with E-state index in [-0.39, 0.29) is 19.1 Å². The third-order valence-corrected chi connectivity index (χ3v) is 7.11. The Morgan fingerprint density at radius 1 is 0.980 bits per heavy atom. The van der Waals surface area contributed by atoms with Crippen molar-refractivity contribution in [1.29, 1.82) is 0 Å². The van der Waals surface area contributed by atoms with Gasteiger partial charge in [-0.1, -0.05) is 101 Å². The normalized spacial score (nSPS) is 13.1. The summed E-state index contributed by atoms with van der Waals surface area (Å²) in [6, 6.07) is 16.9. The van der Waals surface area contributed by atoms with E-state index in [1.807, 2.05) is 51.1 Å². The van der Waals surface area contributed by atoms with Crippen LogP contribution in [0.4, 0.5) is 0 Å². The molecule has 0 saturated heterocycles. The minimum Gasteiger partial charge on any atom is -0.388 e. The highest BCUT2D eigenvalue weighted by molar-refractivity contribution is 7.93. The summed E-state index contributed by atoms with van der Waals surface area (Å²) >= 11 is 1.14. The standard InChI is InChI=1S/C33H44N4O5S.C3H8.C2H6O/c1-7-14-28(36-32(40)24(4)19-34-23(2)3)25(5)35-20-29(38)37-30(27-17-12-9-13-18-27)31(39)33(6,41)22-42-43-21-26-15-10-8-11-16-26;2*1-3-2/h8-13,15-19,28,30,35,41H,5,7,14,20-22H2,1-4,6H3,(H,36,40)(H,37,38);3H2,1-2H3;1-2H3/b24-19+;;. The van der Waals surface area contributed by atoms with Gasteiger partial charge in [-0.05, 0) is 57.3 Å².